The van der Waals surface area contributed by atoms with Crippen molar-refractivity contribution in [2.24, 2.45) is 10.7 Å². The van der Waals surface area contributed by atoms with E-state index in [0.29, 0.717) is 5.56 Å². The number of nitrogens with zero attached hydrogens (tertiary/aromatic N) is 1. The molecule has 2 aromatic rings. The fourth-order valence-electron chi connectivity index (χ4n) is 3.21. The number of carbonyl (C=O) groups is 2. The fraction of sp³-hybridized carbons (Fsp3) is 0.269. The summed E-state index contributed by atoms with van der Waals surface area (Å²) in [7, 11) is 2.65. The summed E-state index contributed by atoms with van der Waals surface area (Å²) >= 11 is 0. The molecule has 9 nitrogen and oxygen atoms in total. The average Bonchev–Trinajstić information content (AvgIpc) is 2.88. The molecule has 204 valence electrons. The molecule has 0 aliphatic heterocycles. The lowest BCUT2D eigenvalue weighted by atomic mass is 10.0. The molecule has 2 rings (SSSR count). The molecule has 38 heavy (non-hydrogen) atoms. The highest BCUT2D eigenvalue weighted by Gasteiger charge is 2.36. The number of alkyl halides is 3. The topological polar surface area (TPSA) is 124 Å². The van der Waals surface area contributed by atoms with Gasteiger partial charge >= 0.3 is 6.18 Å². The fourth-order valence-corrected chi connectivity index (χ4v) is 3.21. The Labute approximate surface area is 218 Å². The number of nitrogens with two attached hydrogens (primary N) is 1. The zero-order valence-electron chi connectivity index (χ0n) is 21.1. The molecule has 0 saturated carbocycles. The standard InChI is InChI=1S/C26H29F3N4O5/c1-5-31-15-18(13-30)23(34)33-25(2,16-36-3)24(35)32-14-17-6-8-19(9-7-17)38-22-11-10-20(37-4)12-21(22)26(27,28)29/h5-13,15H,1,14,16,30H2,2-4H3,(H,32,35)(H,33,34)/b18-13+,31-15-/t25-/m1/s1. The number of rotatable bonds is 12. The highest BCUT2D eigenvalue weighted by Crippen LogP contribution is 2.40. The maximum absolute atomic E-state index is 13.4. The molecule has 0 heterocycles. The molecule has 0 unspecified atom stereocenters. The Balaban J connectivity index is 2.10. The second-order valence-corrected chi connectivity index (χ2v) is 8.09. The van der Waals surface area contributed by atoms with Crippen LogP contribution in [0.2, 0.25) is 0 Å². The van der Waals surface area contributed by atoms with Crippen molar-refractivity contribution in [1.82, 2.24) is 10.6 Å². The molecular formula is C26H29F3N4O5. The molecule has 4 N–H and O–H groups in total. The van der Waals surface area contributed by atoms with E-state index < -0.39 is 29.1 Å². The van der Waals surface area contributed by atoms with E-state index in [-0.39, 0.29) is 36.0 Å². The van der Waals surface area contributed by atoms with Gasteiger partial charge in [-0.1, -0.05) is 18.7 Å². The normalized spacial score (nSPS) is 13.5. The summed E-state index contributed by atoms with van der Waals surface area (Å²) in [5, 5.41) is 5.28. The second-order valence-electron chi connectivity index (χ2n) is 8.09. The maximum atomic E-state index is 13.4. The number of amides is 2. The van der Waals surface area contributed by atoms with E-state index in [2.05, 4.69) is 22.2 Å². The van der Waals surface area contributed by atoms with Crippen molar-refractivity contribution in [3.63, 3.8) is 0 Å². The van der Waals surface area contributed by atoms with Crippen LogP contribution in [0.3, 0.4) is 0 Å². The summed E-state index contributed by atoms with van der Waals surface area (Å²) in [6.07, 6.45) is -1.18. The van der Waals surface area contributed by atoms with Crippen LogP contribution in [0.5, 0.6) is 17.2 Å². The molecular weight excluding hydrogens is 505 g/mol. The minimum absolute atomic E-state index is 0.0150. The van der Waals surface area contributed by atoms with Gasteiger partial charge in [0.2, 0.25) is 5.91 Å². The molecule has 0 saturated heterocycles. The van der Waals surface area contributed by atoms with Crippen molar-refractivity contribution >= 4 is 18.0 Å². The second kappa shape index (κ2) is 13.3. The lowest BCUT2D eigenvalue weighted by Crippen LogP contribution is -2.59. The van der Waals surface area contributed by atoms with Gasteiger partial charge in [-0.3, -0.25) is 14.6 Å². The van der Waals surface area contributed by atoms with Gasteiger partial charge in [0, 0.05) is 32.3 Å². The first-order chi connectivity index (χ1) is 18.0. The van der Waals surface area contributed by atoms with Gasteiger partial charge in [-0.15, -0.1) is 0 Å². The number of nitrogens with one attached hydrogen (secondary N) is 2. The number of aliphatic imine (C=N–C) groups is 1. The predicted molar refractivity (Wildman–Crippen MR) is 136 cm³/mol. The summed E-state index contributed by atoms with van der Waals surface area (Å²) < 4.78 is 55.7. The van der Waals surface area contributed by atoms with Crippen molar-refractivity contribution in [3.05, 3.63) is 78.1 Å². The van der Waals surface area contributed by atoms with Crippen LogP contribution in [-0.2, 0) is 27.0 Å². The number of halogens is 3. The minimum Gasteiger partial charge on any atom is -0.497 e. The van der Waals surface area contributed by atoms with Crippen molar-refractivity contribution < 1.29 is 37.0 Å². The maximum Gasteiger partial charge on any atom is 0.420 e. The van der Waals surface area contributed by atoms with E-state index in [0.717, 1.165) is 12.3 Å². The zero-order chi connectivity index (χ0) is 28.3. The molecule has 2 amide bonds. The summed E-state index contributed by atoms with van der Waals surface area (Å²) in [5.74, 6) is -1.36. The Hall–Kier alpha value is -4.32. The van der Waals surface area contributed by atoms with Crippen LogP contribution < -0.4 is 25.8 Å². The lowest BCUT2D eigenvalue weighted by molar-refractivity contribution is -0.138. The number of hydrogen-bond donors (Lipinski definition) is 3. The third-order valence-corrected chi connectivity index (χ3v) is 5.18. The largest absolute Gasteiger partial charge is 0.497 e. The van der Waals surface area contributed by atoms with Crippen LogP contribution in [0, 0.1) is 0 Å². The molecule has 12 heteroatoms. The highest BCUT2D eigenvalue weighted by atomic mass is 19.4. The van der Waals surface area contributed by atoms with E-state index in [1.807, 2.05) is 0 Å². The van der Waals surface area contributed by atoms with E-state index in [4.69, 9.17) is 19.9 Å². The van der Waals surface area contributed by atoms with Crippen LogP contribution in [0.15, 0.2) is 72.0 Å². The van der Waals surface area contributed by atoms with Gasteiger partial charge in [0.25, 0.3) is 5.91 Å². The monoisotopic (exact) mass is 534 g/mol. The van der Waals surface area contributed by atoms with Gasteiger partial charge in [-0.25, -0.2) is 0 Å². The summed E-state index contributed by atoms with van der Waals surface area (Å²) in [4.78, 5) is 29.2. The number of methoxy groups -OCH3 is 2. The Bertz CT molecular complexity index is 1200. The number of ether oxygens (including phenoxy) is 3. The van der Waals surface area contributed by atoms with Crippen molar-refractivity contribution in [1.29, 1.82) is 0 Å². The smallest absolute Gasteiger partial charge is 0.420 e. The van der Waals surface area contributed by atoms with Gasteiger partial charge in [0.05, 0.1) is 19.3 Å². The molecule has 0 aromatic heterocycles. The van der Waals surface area contributed by atoms with E-state index >= 15 is 0 Å². The van der Waals surface area contributed by atoms with Crippen LogP contribution in [-0.4, -0.2) is 44.4 Å². The summed E-state index contributed by atoms with van der Waals surface area (Å²) in [6.45, 7) is 4.81. The third-order valence-electron chi connectivity index (χ3n) is 5.18. The lowest BCUT2D eigenvalue weighted by Gasteiger charge is -2.29. The minimum atomic E-state index is -4.64. The predicted octanol–water partition coefficient (Wildman–Crippen LogP) is 3.70. The molecule has 1 atom stereocenters. The van der Waals surface area contributed by atoms with Gasteiger partial charge in [-0.05, 0) is 42.8 Å². The summed E-state index contributed by atoms with van der Waals surface area (Å²) in [6, 6.07) is 9.50. The van der Waals surface area contributed by atoms with Crippen LogP contribution in [0.25, 0.3) is 0 Å². The quantitative estimate of drug-likeness (QED) is 0.282. The number of hydrogen-bond acceptors (Lipinski definition) is 7. The van der Waals surface area contributed by atoms with Crippen LogP contribution in [0.4, 0.5) is 13.2 Å². The highest BCUT2D eigenvalue weighted by molar-refractivity contribution is 6.13. The molecule has 0 bridgehead atoms. The molecule has 2 aromatic carbocycles. The summed E-state index contributed by atoms with van der Waals surface area (Å²) in [5.41, 5.74) is 3.69. The van der Waals surface area contributed by atoms with E-state index in [1.54, 1.807) is 12.1 Å². The molecule has 0 aliphatic rings. The Morgan fingerprint density at radius 1 is 1.11 bits per heavy atom. The van der Waals surface area contributed by atoms with Gasteiger partial charge < -0.3 is 30.6 Å². The van der Waals surface area contributed by atoms with Crippen molar-refractivity contribution in [3.8, 4) is 17.2 Å². The molecule has 0 spiro atoms. The first-order valence-electron chi connectivity index (χ1n) is 11.1. The molecule has 0 fully saturated rings. The Morgan fingerprint density at radius 3 is 2.32 bits per heavy atom. The number of benzene rings is 2. The Morgan fingerprint density at radius 2 is 1.76 bits per heavy atom. The molecule has 0 aliphatic carbocycles. The third kappa shape index (κ3) is 8.10. The number of carbonyl (C=O) groups excluding carboxylic acids is 2. The molecule has 0 radical (unpaired) electrons. The zero-order valence-corrected chi connectivity index (χ0v) is 21.1. The average molecular weight is 535 g/mol. The van der Waals surface area contributed by atoms with E-state index in [9.17, 15) is 22.8 Å². The van der Waals surface area contributed by atoms with Gasteiger partial charge in [-0.2, -0.15) is 13.2 Å². The van der Waals surface area contributed by atoms with Gasteiger partial charge in [0.1, 0.15) is 28.4 Å². The van der Waals surface area contributed by atoms with Crippen LogP contribution in [0.1, 0.15) is 18.1 Å². The van der Waals surface area contributed by atoms with Crippen molar-refractivity contribution in [2.75, 3.05) is 20.8 Å². The van der Waals surface area contributed by atoms with Gasteiger partial charge in [0.15, 0.2) is 0 Å². The first kappa shape index (κ1) is 29.9. The van der Waals surface area contributed by atoms with Crippen LogP contribution >= 0.6 is 0 Å². The Kier molecular flexibility index (Phi) is 10.5. The SMILES string of the molecule is C=C/N=C\C(=C/N)C(=O)N[C@](C)(COC)C(=O)NCc1ccc(Oc2ccc(OC)cc2C(F)(F)F)cc1. The van der Waals surface area contributed by atoms with E-state index in [1.165, 1.54) is 57.8 Å². The first-order valence-corrected chi connectivity index (χ1v) is 11.1. The van der Waals surface area contributed by atoms with Crippen molar-refractivity contribution in [2.45, 2.75) is 25.2 Å².